The molecule has 0 radical (unpaired) electrons. The van der Waals surface area contributed by atoms with Crippen molar-refractivity contribution in [2.75, 3.05) is 36.8 Å². The molecule has 4 rings (SSSR count). The van der Waals surface area contributed by atoms with E-state index in [-0.39, 0.29) is 5.91 Å². The molecule has 2 aromatic carbocycles. The number of hydrogen-bond donors (Lipinski definition) is 1. The first-order valence-electron chi connectivity index (χ1n) is 8.92. The molecule has 2 heterocycles. The number of hydrogen-bond acceptors (Lipinski definition) is 5. The number of aromatic nitrogens is 1. The van der Waals surface area contributed by atoms with E-state index in [1.54, 1.807) is 0 Å². The largest absolute Gasteiger partial charge is 0.423 e. The minimum atomic E-state index is 0.172. The summed E-state index contributed by atoms with van der Waals surface area (Å²) < 4.78 is 5.82. The Kier molecular flexibility index (Phi) is 4.48. The van der Waals surface area contributed by atoms with E-state index in [1.165, 1.54) is 0 Å². The van der Waals surface area contributed by atoms with Gasteiger partial charge in [0.15, 0.2) is 5.58 Å². The van der Waals surface area contributed by atoms with Crippen LogP contribution in [0.5, 0.6) is 0 Å². The van der Waals surface area contributed by atoms with Gasteiger partial charge in [-0.2, -0.15) is 4.98 Å². The quantitative estimate of drug-likeness (QED) is 0.732. The van der Waals surface area contributed by atoms with Crippen molar-refractivity contribution in [2.45, 2.75) is 12.8 Å². The number of carbonyl (C=O) groups excluding carboxylic acids is 1. The van der Waals surface area contributed by atoms with Crippen LogP contribution < -0.4 is 10.6 Å². The Balaban J connectivity index is 1.33. The van der Waals surface area contributed by atoms with Crippen LogP contribution in [0.15, 0.2) is 52.9 Å². The van der Waals surface area contributed by atoms with E-state index in [2.05, 4.69) is 9.88 Å². The number of nitrogen functional groups attached to an aromatic ring is 1. The van der Waals surface area contributed by atoms with E-state index in [0.717, 1.165) is 35.4 Å². The van der Waals surface area contributed by atoms with Crippen molar-refractivity contribution < 1.29 is 9.21 Å². The third-order valence-corrected chi connectivity index (χ3v) is 4.85. The zero-order chi connectivity index (χ0) is 17.9. The van der Waals surface area contributed by atoms with Gasteiger partial charge >= 0.3 is 0 Å². The SMILES string of the molecule is Nc1ccccc1CCC(=O)N1CCN(c2nc3ccccc3o2)CC1. The van der Waals surface area contributed by atoms with Crippen molar-refractivity contribution in [3.63, 3.8) is 0 Å². The molecule has 0 saturated carbocycles. The van der Waals surface area contributed by atoms with Crippen LogP contribution in [0.2, 0.25) is 0 Å². The molecule has 1 aromatic heterocycles. The Morgan fingerprint density at radius 2 is 1.77 bits per heavy atom. The second-order valence-corrected chi connectivity index (χ2v) is 6.53. The van der Waals surface area contributed by atoms with Crippen LogP contribution >= 0.6 is 0 Å². The fraction of sp³-hybridized carbons (Fsp3) is 0.300. The molecule has 1 saturated heterocycles. The van der Waals surface area contributed by atoms with Crippen molar-refractivity contribution in [3.8, 4) is 0 Å². The number of aryl methyl sites for hydroxylation is 1. The first kappa shape index (κ1) is 16.4. The van der Waals surface area contributed by atoms with Gasteiger partial charge in [0.05, 0.1) is 0 Å². The molecular weight excluding hydrogens is 328 g/mol. The number of rotatable bonds is 4. The summed E-state index contributed by atoms with van der Waals surface area (Å²) in [5.41, 5.74) is 9.39. The van der Waals surface area contributed by atoms with Crippen LogP contribution in [0.3, 0.4) is 0 Å². The van der Waals surface area contributed by atoms with E-state index >= 15 is 0 Å². The number of piperazine rings is 1. The van der Waals surface area contributed by atoms with E-state index in [1.807, 2.05) is 53.4 Å². The molecule has 134 valence electrons. The van der Waals surface area contributed by atoms with Gasteiger partial charge in [-0.05, 0) is 30.2 Å². The molecule has 1 aliphatic heterocycles. The number of nitrogens with two attached hydrogens (primary N) is 1. The van der Waals surface area contributed by atoms with Crippen LogP contribution in [0, 0.1) is 0 Å². The smallest absolute Gasteiger partial charge is 0.298 e. The lowest BCUT2D eigenvalue weighted by atomic mass is 10.1. The summed E-state index contributed by atoms with van der Waals surface area (Å²) in [5, 5.41) is 0. The lowest BCUT2D eigenvalue weighted by Crippen LogP contribution is -2.49. The monoisotopic (exact) mass is 350 g/mol. The highest BCUT2D eigenvalue weighted by Crippen LogP contribution is 2.22. The molecule has 1 fully saturated rings. The lowest BCUT2D eigenvalue weighted by Gasteiger charge is -2.33. The molecule has 0 aliphatic carbocycles. The highest BCUT2D eigenvalue weighted by Gasteiger charge is 2.23. The molecule has 6 nitrogen and oxygen atoms in total. The molecule has 6 heteroatoms. The van der Waals surface area contributed by atoms with E-state index in [4.69, 9.17) is 10.2 Å². The van der Waals surface area contributed by atoms with Crippen molar-refractivity contribution in [2.24, 2.45) is 0 Å². The summed E-state index contributed by atoms with van der Waals surface area (Å²) in [6.07, 6.45) is 1.16. The minimum absolute atomic E-state index is 0.172. The summed E-state index contributed by atoms with van der Waals surface area (Å²) in [5.74, 6) is 0.172. The third-order valence-electron chi connectivity index (χ3n) is 4.85. The highest BCUT2D eigenvalue weighted by molar-refractivity contribution is 5.77. The summed E-state index contributed by atoms with van der Waals surface area (Å²) >= 11 is 0. The number of benzene rings is 2. The molecule has 3 aromatic rings. The van der Waals surface area contributed by atoms with Crippen LogP contribution in [-0.4, -0.2) is 42.0 Å². The van der Waals surface area contributed by atoms with E-state index < -0.39 is 0 Å². The minimum Gasteiger partial charge on any atom is -0.423 e. The van der Waals surface area contributed by atoms with Gasteiger partial charge in [-0.15, -0.1) is 0 Å². The molecule has 26 heavy (non-hydrogen) atoms. The van der Waals surface area contributed by atoms with Gasteiger partial charge in [0, 0.05) is 38.3 Å². The summed E-state index contributed by atoms with van der Waals surface area (Å²) in [4.78, 5) is 21.0. The highest BCUT2D eigenvalue weighted by atomic mass is 16.4. The van der Waals surface area contributed by atoms with Gasteiger partial charge in [0.2, 0.25) is 5.91 Å². The summed E-state index contributed by atoms with van der Waals surface area (Å²) in [6.45, 7) is 2.82. The molecular formula is C20H22N4O2. The van der Waals surface area contributed by atoms with Crippen LogP contribution in [-0.2, 0) is 11.2 Å². The number of amides is 1. The zero-order valence-electron chi connectivity index (χ0n) is 14.6. The van der Waals surface area contributed by atoms with Crippen LogP contribution in [0.25, 0.3) is 11.1 Å². The molecule has 0 unspecified atom stereocenters. The predicted octanol–water partition coefficient (Wildman–Crippen LogP) is 2.69. The predicted molar refractivity (Wildman–Crippen MR) is 102 cm³/mol. The molecule has 0 atom stereocenters. The zero-order valence-corrected chi connectivity index (χ0v) is 14.6. The summed E-state index contributed by atoms with van der Waals surface area (Å²) in [7, 11) is 0. The van der Waals surface area contributed by atoms with Gasteiger partial charge < -0.3 is 20.0 Å². The van der Waals surface area contributed by atoms with Crippen molar-refractivity contribution >= 4 is 28.7 Å². The van der Waals surface area contributed by atoms with Crippen molar-refractivity contribution in [1.82, 2.24) is 9.88 Å². The van der Waals surface area contributed by atoms with Gasteiger partial charge in [0.25, 0.3) is 6.01 Å². The number of nitrogens with zero attached hydrogens (tertiary/aromatic N) is 3. The third kappa shape index (κ3) is 3.35. The molecule has 2 N–H and O–H groups in total. The fourth-order valence-electron chi connectivity index (χ4n) is 3.30. The van der Waals surface area contributed by atoms with Gasteiger partial charge in [0.1, 0.15) is 5.52 Å². The Labute approximate surface area is 152 Å². The Hall–Kier alpha value is -3.02. The summed E-state index contributed by atoms with van der Waals surface area (Å²) in [6, 6.07) is 16.1. The standard InChI is InChI=1S/C20H22N4O2/c21-16-6-2-1-5-15(16)9-10-19(25)23-11-13-24(14-12-23)20-22-17-7-3-4-8-18(17)26-20/h1-8H,9-14,21H2. The first-order chi connectivity index (χ1) is 12.7. The van der Waals surface area contributed by atoms with Crippen molar-refractivity contribution in [1.29, 1.82) is 0 Å². The number of fused-ring (bicyclic) bond motifs is 1. The topological polar surface area (TPSA) is 75.6 Å². The maximum absolute atomic E-state index is 12.5. The Morgan fingerprint density at radius 3 is 2.54 bits per heavy atom. The van der Waals surface area contributed by atoms with Crippen molar-refractivity contribution in [3.05, 3.63) is 54.1 Å². The number of anilines is 2. The lowest BCUT2D eigenvalue weighted by molar-refractivity contribution is -0.131. The molecule has 0 bridgehead atoms. The average Bonchev–Trinajstić information content (AvgIpc) is 3.11. The number of carbonyl (C=O) groups is 1. The van der Waals surface area contributed by atoms with Gasteiger partial charge in [-0.1, -0.05) is 30.3 Å². The normalized spacial score (nSPS) is 14.8. The Morgan fingerprint density at radius 1 is 1.04 bits per heavy atom. The average molecular weight is 350 g/mol. The molecule has 0 spiro atoms. The Bertz CT molecular complexity index is 880. The van der Waals surface area contributed by atoms with Crippen LogP contribution in [0.4, 0.5) is 11.7 Å². The van der Waals surface area contributed by atoms with E-state index in [0.29, 0.717) is 31.9 Å². The van der Waals surface area contributed by atoms with Gasteiger partial charge in [-0.25, -0.2) is 0 Å². The fourth-order valence-corrected chi connectivity index (χ4v) is 3.30. The van der Waals surface area contributed by atoms with Crippen LogP contribution in [0.1, 0.15) is 12.0 Å². The number of para-hydroxylation sites is 3. The second kappa shape index (κ2) is 7.07. The van der Waals surface area contributed by atoms with E-state index in [9.17, 15) is 4.79 Å². The maximum Gasteiger partial charge on any atom is 0.298 e. The maximum atomic E-state index is 12.5. The molecule has 1 amide bonds. The van der Waals surface area contributed by atoms with Gasteiger partial charge in [-0.3, -0.25) is 4.79 Å². The molecule has 1 aliphatic rings. The second-order valence-electron chi connectivity index (χ2n) is 6.53. The first-order valence-corrected chi connectivity index (χ1v) is 8.92. The number of oxazole rings is 1.